The van der Waals surface area contributed by atoms with Gasteiger partial charge in [0.1, 0.15) is 17.8 Å². The first kappa shape index (κ1) is 73.5. The molecule has 4 fully saturated rings. The van der Waals surface area contributed by atoms with E-state index in [2.05, 4.69) is 17.8 Å². The van der Waals surface area contributed by atoms with E-state index in [1.54, 1.807) is 20.8 Å². The van der Waals surface area contributed by atoms with E-state index in [1.165, 1.54) is 118 Å². The molecule has 2 N–H and O–H groups in total. The van der Waals surface area contributed by atoms with E-state index in [1.807, 2.05) is 13.8 Å². The molecule has 0 bridgehead atoms. The summed E-state index contributed by atoms with van der Waals surface area (Å²) in [5.41, 5.74) is -10.3. The second kappa shape index (κ2) is 26.0. The quantitative estimate of drug-likeness (QED) is 0.0370. The van der Waals surface area contributed by atoms with Crippen molar-refractivity contribution in [3.05, 3.63) is 10.1 Å². The Labute approximate surface area is 481 Å². The minimum atomic E-state index is -1.51. The summed E-state index contributed by atoms with van der Waals surface area (Å²) < 4.78 is 0. The van der Waals surface area contributed by atoms with Crippen LogP contribution in [0.4, 0.5) is 0 Å². The van der Waals surface area contributed by atoms with Gasteiger partial charge in [-0.2, -0.15) is 17.7 Å². The third-order valence-corrected chi connectivity index (χ3v) is 17.5. The molecule has 4 aliphatic carbocycles. The summed E-state index contributed by atoms with van der Waals surface area (Å²) >= 11 is 4.07. The van der Waals surface area contributed by atoms with Gasteiger partial charge in [-0.15, -0.1) is 0 Å². The summed E-state index contributed by atoms with van der Waals surface area (Å²) in [4.78, 5) is 183. The number of thiol groups is 1. The summed E-state index contributed by atoms with van der Waals surface area (Å²) in [5.74, 6) is -12.1. The highest BCUT2D eigenvalue weighted by Gasteiger charge is 2.63. The zero-order chi connectivity index (χ0) is 64.4. The maximum absolute atomic E-state index is 12.5. The maximum atomic E-state index is 12.5. The van der Waals surface area contributed by atoms with E-state index in [4.69, 9.17) is 0 Å². The number of carbonyl (C=O) groups excluding carboxylic acids is 14. The fourth-order valence-corrected chi connectivity index (χ4v) is 11.2. The Bertz CT molecular complexity index is 2550. The van der Waals surface area contributed by atoms with Gasteiger partial charge in [0.15, 0.2) is 87.0 Å². The van der Waals surface area contributed by atoms with Gasteiger partial charge in [0.05, 0.1) is 49.0 Å². The first-order valence-electron chi connectivity index (χ1n) is 27.4. The number of nitrogens with zero attached hydrogens (tertiary/aromatic N) is 3. The van der Waals surface area contributed by atoms with Crippen molar-refractivity contribution < 1.29 is 82.5 Å². The first-order chi connectivity index (χ1) is 36.4. The molecule has 0 aliphatic heterocycles. The molecule has 0 amide bonds. The first-order valence-corrected chi connectivity index (χ1v) is 28.0. The number of hydroxylamine groups is 2. The van der Waals surface area contributed by atoms with Crippen molar-refractivity contribution >= 4 is 99.3 Å². The minimum Gasteiger partial charge on any atom is -0.411 e. The van der Waals surface area contributed by atoms with Crippen LogP contribution < -0.4 is 0 Å². The standard InChI is InChI=1S/C15H21NO6.C15H23NO4.C15H22O4S.C14H23NO4/c1-8(6-7-16(21)22)10(17)9-11(18)14(2,3)13(20)15(4,5)12(9)19;1-7-8(2)10(16-20)9-11(17)14(3,4)13(19)15(5,6)12(9)18;1-8(6-7-20)10(16)9-11(17)14(2,3)13(19)15(4,5)12(9)18;1-7-8(2)15(19)9-10(16)13(3,4)12(18)14(5,6)11(9)17/h8-9H,6-7H2,1-5H3;8-9,20H,7H2,1-6H3;8-9,20H,6-7H2,1-5H3;8-9,19H,7H2,1-6H3/b;16-10+;;. The van der Waals surface area contributed by atoms with Crippen LogP contribution in [0.2, 0.25) is 0 Å². The number of rotatable bonds is 15. The van der Waals surface area contributed by atoms with Crippen molar-refractivity contribution in [2.75, 3.05) is 12.3 Å². The van der Waals surface area contributed by atoms with Gasteiger partial charge in [-0.05, 0) is 149 Å². The van der Waals surface area contributed by atoms with Gasteiger partial charge in [-0.25, -0.2) is 0 Å². The molecule has 22 heteroatoms. The van der Waals surface area contributed by atoms with Gasteiger partial charge in [0.25, 0.3) is 0 Å². The highest BCUT2D eigenvalue weighted by Crippen LogP contribution is 2.45. The molecular weight excluding hydrogens is 1070 g/mol. The van der Waals surface area contributed by atoms with Crippen molar-refractivity contribution in [2.45, 2.75) is 190 Å². The lowest BCUT2D eigenvalue weighted by atomic mass is 9.57. The molecule has 4 unspecified atom stereocenters. The second-order valence-electron chi connectivity index (χ2n) is 26.4. The molecule has 4 aliphatic rings. The lowest BCUT2D eigenvalue weighted by Crippen LogP contribution is -2.65. The third-order valence-electron chi connectivity index (χ3n) is 17.2. The summed E-state index contributed by atoms with van der Waals surface area (Å²) in [5, 5.41) is 33.7. The summed E-state index contributed by atoms with van der Waals surface area (Å²) in [7, 11) is 0. The zero-order valence-electron chi connectivity index (χ0n) is 51.6. The van der Waals surface area contributed by atoms with Crippen molar-refractivity contribution in [2.24, 2.45) is 84.0 Å². The van der Waals surface area contributed by atoms with Crippen LogP contribution >= 0.6 is 12.6 Å². The lowest BCUT2D eigenvalue weighted by Gasteiger charge is -2.43. The molecule has 0 spiro atoms. The van der Waals surface area contributed by atoms with E-state index in [-0.39, 0.29) is 41.4 Å². The monoisotopic (exact) mass is 1160 g/mol. The van der Waals surface area contributed by atoms with E-state index >= 15 is 0 Å². The summed E-state index contributed by atoms with van der Waals surface area (Å²) in [6.07, 6.45) is 1.71. The SMILES string of the molecule is CC(CCS)C(=O)C1C(=O)C(C)(C)C(=O)C(C)(C)C1=O.CC(CC[N+](=O)[O-])C(=O)C1C(=O)C(C)(C)C(=O)C(C)(C)C1=O.CCC(C)/C(=N\O)C1C(=O)C(C)(C)C(=O)C(C)(C)C1=O.CCC(C)N(O)C1C(=O)C(C)(C)C(=O)C(C)(C)C1=O. The largest absolute Gasteiger partial charge is 0.411 e. The van der Waals surface area contributed by atoms with Crippen LogP contribution in [0.3, 0.4) is 0 Å². The average molecular weight is 1160 g/mol. The number of hydrogen-bond acceptors (Lipinski definition) is 21. The summed E-state index contributed by atoms with van der Waals surface area (Å²) in [6.45, 7) is 33.8. The van der Waals surface area contributed by atoms with Crippen LogP contribution in [-0.2, 0) is 67.1 Å². The van der Waals surface area contributed by atoms with E-state index in [0.29, 0.717) is 25.0 Å². The molecule has 0 aromatic rings. The minimum absolute atomic E-state index is 0.0440. The molecule has 0 aromatic carbocycles. The number of ketones is 14. The van der Waals surface area contributed by atoms with Gasteiger partial charge in [0, 0.05) is 29.2 Å². The Balaban J connectivity index is 0.000000541. The van der Waals surface area contributed by atoms with Gasteiger partial charge < -0.3 is 10.4 Å². The Hall–Kier alpha value is -5.48. The lowest BCUT2D eigenvalue weighted by molar-refractivity contribution is -0.481. The molecule has 21 nitrogen and oxygen atoms in total. The molecule has 0 heterocycles. The second-order valence-corrected chi connectivity index (χ2v) is 26.8. The maximum Gasteiger partial charge on any atom is 0.204 e. The molecule has 0 radical (unpaired) electrons. The average Bonchev–Trinajstić information content (AvgIpc) is 3.38. The van der Waals surface area contributed by atoms with Crippen molar-refractivity contribution in [3.8, 4) is 0 Å². The van der Waals surface area contributed by atoms with Gasteiger partial charge in [-0.1, -0.05) is 39.8 Å². The normalized spacial score (nSPS) is 24.0. The highest BCUT2D eigenvalue weighted by molar-refractivity contribution is 7.80. The van der Waals surface area contributed by atoms with Gasteiger partial charge in [-0.3, -0.25) is 77.2 Å². The Morgan fingerprint density at radius 2 is 0.753 bits per heavy atom. The number of Topliss-reactive ketones (excluding diaryl/α,β-unsaturated/α-hetero) is 14. The molecule has 0 aromatic heterocycles. The number of oxime groups is 1. The number of nitro groups is 1. The molecule has 4 atom stereocenters. The predicted molar refractivity (Wildman–Crippen MR) is 300 cm³/mol. The Kier molecular flexibility index (Phi) is 23.6. The van der Waals surface area contributed by atoms with Crippen LogP contribution in [0.5, 0.6) is 0 Å². The smallest absolute Gasteiger partial charge is 0.204 e. The van der Waals surface area contributed by atoms with Gasteiger partial charge in [0.2, 0.25) is 6.54 Å². The van der Waals surface area contributed by atoms with Crippen LogP contribution in [0.15, 0.2) is 5.16 Å². The Morgan fingerprint density at radius 1 is 0.494 bits per heavy atom. The van der Waals surface area contributed by atoms with E-state index in [9.17, 15) is 87.7 Å². The molecule has 4 saturated carbocycles. The van der Waals surface area contributed by atoms with Crippen LogP contribution in [0.1, 0.15) is 178 Å². The highest BCUT2D eigenvalue weighted by atomic mass is 32.1. The fourth-order valence-electron chi connectivity index (χ4n) is 10.8. The molecule has 81 heavy (non-hydrogen) atoms. The molecule has 4 rings (SSSR count). The molecule has 0 saturated heterocycles. The van der Waals surface area contributed by atoms with Crippen molar-refractivity contribution in [1.82, 2.24) is 5.06 Å². The summed E-state index contributed by atoms with van der Waals surface area (Å²) in [6, 6.07) is -1.57. The van der Waals surface area contributed by atoms with Crippen molar-refractivity contribution in [3.63, 3.8) is 0 Å². The number of carbonyl (C=O) groups is 14. The zero-order valence-corrected chi connectivity index (χ0v) is 52.5. The molecular formula is C59H89N3O18S. The Morgan fingerprint density at radius 3 is 0.988 bits per heavy atom. The topological polar surface area (TPSA) is 338 Å². The number of hydrogen-bond donors (Lipinski definition) is 3. The predicted octanol–water partition coefficient (Wildman–Crippen LogP) is 7.02. The van der Waals surface area contributed by atoms with E-state index < -0.39 is 154 Å². The fraction of sp³-hybridized carbons (Fsp3) is 0.746. The van der Waals surface area contributed by atoms with E-state index in [0.717, 1.165) is 5.06 Å². The van der Waals surface area contributed by atoms with Gasteiger partial charge >= 0.3 is 0 Å². The van der Waals surface area contributed by atoms with Crippen LogP contribution in [-0.4, -0.2) is 131 Å². The third kappa shape index (κ3) is 13.8. The van der Waals surface area contributed by atoms with Crippen molar-refractivity contribution in [1.29, 1.82) is 0 Å². The van der Waals surface area contributed by atoms with Crippen LogP contribution in [0.25, 0.3) is 0 Å². The van der Waals surface area contributed by atoms with Crippen LogP contribution in [0, 0.1) is 88.9 Å². The molecule has 454 valence electrons.